The van der Waals surface area contributed by atoms with Gasteiger partial charge in [-0.3, -0.25) is 4.79 Å². The van der Waals surface area contributed by atoms with Crippen LogP contribution in [0.2, 0.25) is 0 Å². The van der Waals surface area contributed by atoms with E-state index in [0.29, 0.717) is 12.1 Å². The van der Waals surface area contributed by atoms with E-state index in [0.717, 1.165) is 11.1 Å². The fourth-order valence-electron chi connectivity index (χ4n) is 2.51. The van der Waals surface area contributed by atoms with Crippen molar-refractivity contribution in [1.29, 1.82) is 0 Å². The van der Waals surface area contributed by atoms with Crippen molar-refractivity contribution in [3.63, 3.8) is 0 Å². The normalized spacial score (nSPS) is 11.9. The molecule has 0 saturated heterocycles. The van der Waals surface area contributed by atoms with Gasteiger partial charge in [0, 0.05) is 30.5 Å². The van der Waals surface area contributed by atoms with Gasteiger partial charge in [-0.15, -0.1) is 0 Å². The topological polar surface area (TPSA) is 46.9 Å². The van der Waals surface area contributed by atoms with Crippen LogP contribution >= 0.6 is 0 Å². The second-order valence-electron chi connectivity index (χ2n) is 5.58. The fourth-order valence-corrected chi connectivity index (χ4v) is 2.51. The Kier molecular flexibility index (Phi) is 4.52. The first kappa shape index (κ1) is 15.0. The lowest BCUT2D eigenvalue weighted by Gasteiger charge is -2.14. The number of aromatic nitrogens is 2. The molecule has 0 spiro atoms. The molecule has 1 N–H and O–H groups in total. The van der Waals surface area contributed by atoms with Crippen LogP contribution in [-0.2, 0) is 6.54 Å². The molecule has 23 heavy (non-hydrogen) atoms. The summed E-state index contributed by atoms with van der Waals surface area (Å²) in [5, 5.41) is 3.01. The van der Waals surface area contributed by atoms with E-state index < -0.39 is 0 Å². The van der Waals surface area contributed by atoms with E-state index in [2.05, 4.69) is 22.4 Å². The molecule has 2 aromatic carbocycles. The highest BCUT2D eigenvalue weighted by Gasteiger charge is 2.10. The molecular formula is C19H19N3O. The molecule has 0 aliphatic heterocycles. The average Bonchev–Trinajstić information content (AvgIpc) is 3.08. The first-order valence-corrected chi connectivity index (χ1v) is 7.64. The smallest absolute Gasteiger partial charge is 0.251 e. The number of hydrogen-bond acceptors (Lipinski definition) is 2. The van der Waals surface area contributed by atoms with Crippen LogP contribution in [0.15, 0.2) is 73.3 Å². The molecule has 0 unspecified atom stereocenters. The minimum absolute atomic E-state index is 0.0329. The average molecular weight is 305 g/mol. The van der Waals surface area contributed by atoms with E-state index in [1.54, 1.807) is 12.5 Å². The molecule has 0 bridgehead atoms. The van der Waals surface area contributed by atoms with Crippen LogP contribution in [0.3, 0.4) is 0 Å². The first-order chi connectivity index (χ1) is 11.2. The highest BCUT2D eigenvalue weighted by Crippen LogP contribution is 2.19. The van der Waals surface area contributed by atoms with E-state index >= 15 is 0 Å². The zero-order chi connectivity index (χ0) is 16.1. The number of imidazole rings is 1. The van der Waals surface area contributed by atoms with Gasteiger partial charge in [0.15, 0.2) is 0 Å². The van der Waals surface area contributed by atoms with Crippen LogP contribution in [0.5, 0.6) is 0 Å². The third kappa shape index (κ3) is 3.86. The molecular weight excluding hydrogens is 286 g/mol. The highest BCUT2D eigenvalue weighted by molar-refractivity contribution is 5.94. The molecule has 3 aromatic rings. The van der Waals surface area contributed by atoms with Crippen molar-refractivity contribution in [2.24, 2.45) is 0 Å². The summed E-state index contributed by atoms with van der Waals surface area (Å²) in [5.74, 6) is -0.0581. The lowest BCUT2D eigenvalue weighted by molar-refractivity contribution is 0.0936. The summed E-state index contributed by atoms with van der Waals surface area (Å²) in [7, 11) is 0. The van der Waals surface area contributed by atoms with Gasteiger partial charge in [-0.05, 0) is 30.2 Å². The van der Waals surface area contributed by atoms with Gasteiger partial charge >= 0.3 is 0 Å². The Morgan fingerprint density at radius 1 is 1.09 bits per heavy atom. The molecule has 3 rings (SSSR count). The van der Waals surface area contributed by atoms with Gasteiger partial charge in [0.25, 0.3) is 5.91 Å². The zero-order valence-corrected chi connectivity index (χ0v) is 13.0. The van der Waals surface area contributed by atoms with E-state index in [9.17, 15) is 4.79 Å². The lowest BCUT2D eigenvalue weighted by atomic mass is 10.0. The van der Waals surface area contributed by atoms with Gasteiger partial charge in [-0.25, -0.2) is 4.98 Å². The molecule has 0 fully saturated rings. The van der Waals surface area contributed by atoms with Crippen LogP contribution in [0.1, 0.15) is 17.3 Å². The Morgan fingerprint density at radius 2 is 1.78 bits per heavy atom. The quantitative estimate of drug-likeness (QED) is 0.785. The summed E-state index contributed by atoms with van der Waals surface area (Å²) < 4.78 is 1.95. The van der Waals surface area contributed by atoms with Crippen molar-refractivity contribution in [2.45, 2.75) is 19.5 Å². The summed E-state index contributed by atoms with van der Waals surface area (Å²) >= 11 is 0. The number of carbonyl (C=O) groups excluding carboxylic acids is 1. The van der Waals surface area contributed by atoms with Crippen molar-refractivity contribution in [1.82, 2.24) is 14.9 Å². The first-order valence-electron chi connectivity index (χ1n) is 7.64. The fraction of sp³-hybridized carbons (Fsp3) is 0.158. The van der Waals surface area contributed by atoms with Crippen molar-refractivity contribution in [3.8, 4) is 11.1 Å². The number of benzene rings is 2. The van der Waals surface area contributed by atoms with Gasteiger partial charge in [0.2, 0.25) is 0 Å². The number of hydrogen-bond donors (Lipinski definition) is 1. The van der Waals surface area contributed by atoms with Gasteiger partial charge in [-0.2, -0.15) is 0 Å². The van der Waals surface area contributed by atoms with Crippen LogP contribution in [-0.4, -0.2) is 21.5 Å². The number of rotatable bonds is 5. The monoisotopic (exact) mass is 305 g/mol. The molecule has 0 saturated carbocycles. The van der Waals surface area contributed by atoms with E-state index in [1.807, 2.05) is 60.2 Å². The third-order valence-electron chi connectivity index (χ3n) is 3.68. The second-order valence-corrected chi connectivity index (χ2v) is 5.58. The van der Waals surface area contributed by atoms with Gasteiger partial charge in [-0.1, -0.05) is 42.5 Å². The predicted molar refractivity (Wildman–Crippen MR) is 91.0 cm³/mol. The van der Waals surface area contributed by atoms with Crippen molar-refractivity contribution < 1.29 is 4.79 Å². The van der Waals surface area contributed by atoms with Gasteiger partial charge in [0.05, 0.1) is 6.33 Å². The van der Waals surface area contributed by atoms with Crippen molar-refractivity contribution in [2.75, 3.05) is 0 Å². The minimum atomic E-state index is -0.0581. The maximum absolute atomic E-state index is 12.3. The Balaban J connectivity index is 1.63. The summed E-state index contributed by atoms with van der Waals surface area (Å²) in [6, 6.07) is 17.8. The Hall–Kier alpha value is -2.88. The van der Waals surface area contributed by atoms with Crippen LogP contribution in [0.25, 0.3) is 11.1 Å². The maximum Gasteiger partial charge on any atom is 0.251 e. The molecule has 1 amide bonds. The standard InChI is InChI=1S/C19H19N3O/c1-15(13-22-12-11-20-14-22)21-19(23)18-9-7-17(8-10-18)16-5-3-2-4-6-16/h2-12,14-15H,13H2,1H3,(H,21,23)/t15-/m1/s1. The SMILES string of the molecule is C[C@H](Cn1ccnc1)NC(=O)c1ccc(-c2ccccc2)cc1. The molecule has 116 valence electrons. The van der Waals surface area contributed by atoms with Gasteiger partial charge in [0.1, 0.15) is 0 Å². The maximum atomic E-state index is 12.3. The van der Waals surface area contributed by atoms with Crippen LogP contribution in [0, 0.1) is 0 Å². The van der Waals surface area contributed by atoms with E-state index in [4.69, 9.17) is 0 Å². The number of amides is 1. The third-order valence-corrected chi connectivity index (χ3v) is 3.68. The summed E-state index contributed by atoms with van der Waals surface area (Å²) in [6.07, 6.45) is 5.37. The lowest BCUT2D eigenvalue weighted by Crippen LogP contribution is -2.35. The molecule has 1 heterocycles. The molecule has 4 heteroatoms. The molecule has 1 aromatic heterocycles. The highest BCUT2D eigenvalue weighted by atomic mass is 16.1. The predicted octanol–water partition coefficient (Wildman–Crippen LogP) is 3.37. The van der Waals surface area contributed by atoms with Crippen LogP contribution in [0.4, 0.5) is 0 Å². The van der Waals surface area contributed by atoms with E-state index in [-0.39, 0.29) is 11.9 Å². The largest absolute Gasteiger partial charge is 0.348 e. The summed E-state index contributed by atoms with van der Waals surface area (Å²) in [5.41, 5.74) is 2.92. The number of nitrogens with one attached hydrogen (secondary N) is 1. The Bertz CT molecular complexity index is 749. The minimum Gasteiger partial charge on any atom is -0.348 e. The Labute approximate surface area is 135 Å². The Morgan fingerprint density at radius 3 is 2.43 bits per heavy atom. The van der Waals surface area contributed by atoms with E-state index in [1.165, 1.54) is 0 Å². The second kappa shape index (κ2) is 6.92. The molecule has 0 aliphatic carbocycles. The van der Waals surface area contributed by atoms with Crippen molar-refractivity contribution >= 4 is 5.91 Å². The number of nitrogens with zero attached hydrogens (tertiary/aromatic N) is 2. The van der Waals surface area contributed by atoms with Gasteiger partial charge < -0.3 is 9.88 Å². The molecule has 0 aliphatic rings. The van der Waals surface area contributed by atoms with Crippen LogP contribution < -0.4 is 5.32 Å². The molecule has 0 radical (unpaired) electrons. The van der Waals surface area contributed by atoms with Crippen molar-refractivity contribution in [3.05, 3.63) is 78.9 Å². The summed E-state index contributed by atoms with van der Waals surface area (Å²) in [4.78, 5) is 16.3. The molecule has 1 atom stereocenters. The molecule has 4 nitrogen and oxygen atoms in total. The number of carbonyl (C=O) groups is 1. The summed E-state index contributed by atoms with van der Waals surface area (Å²) in [6.45, 7) is 2.68. The zero-order valence-electron chi connectivity index (χ0n) is 13.0.